The molecule has 3 N–H and O–H groups in total. The van der Waals surface area contributed by atoms with Crippen molar-refractivity contribution in [1.29, 1.82) is 0 Å². The first kappa shape index (κ1) is 11.5. The lowest BCUT2D eigenvalue weighted by atomic mass is 10.1. The molecule has 3 nitrogen and oxygen atoms in total. The summed E-state index contributed by atoms with van der Waals surface area (Å²) in [6, 6.07) is 9.19. The third-order valence-corrected chi connectivity index (χ3v) is 1.95. The van der Waals surface area contributed by atoms with Gasteiger partial charge in [-0.05, 0) is 6.92 Å². The monoisotopic (exact) mass is 204 g/mol. The lowest BCUT2D eigenvalue weighted by Crippen LogP contribution is -2.21. The number of carbonyl (C=O) groups excluding carboxylic acids is 1. The first-order chi connectivity index (χ1) is 7.24. The smallest absolute Gasteiger partial charge is 0.187 e. The molecule has 0 aliphatic carbocycles. The molecule has 0 aliphatic rings. The number of benzene rings is 1. The van der Waals surface area contributed by atoms with Gasteiger partial charge in [-0.15, -0.1) is 0 Å². The molecular weight excluding hydrogens is 188 g/mol. The highest BCUT2D eigenvalue weighted by atomic mass is 16.1. The quantitative estimate of drug-likeness (QED) is 0.562. The van der Waals surface area contributed by atoms with Gasteiger partial charge in [0.2, 0.25) is 0 Å². The minimum atomic E-state index is 0.0117. The lowest BCUT2D eigenvalue weighted by molar-refractivity contribution is 0.104. The highest BCUT2D eigenvalue weighted by molar-refractivity contribution is 6.04. The third kappa shape index (κ3) is 3.95. The average Bonchev–Trinajstić information content (AvgIpc) is 2.27. The van der Waals surface area contributed by atoms with Crippen LogP contribution in [-0.4, -0.2) is 18.9 Å². The summed E-state index contributed by atoms with van der Waals surface area (Å²) in [5.41, 5.74) is 6.89. The first-order valence-corrected chi connectivity index (χ1v) is 4.95. The van der Waals surface area contributed by atoms with Crippen LogP contribution in [0.2, 0.25) is 0 Å². The largest absolute Gasteiger partial charge is 0.387 e. The summed E-state index contributed by atoms with van der Waals surface area (Å²) >= 11 is 0. The molecule has 0 spiro atoms. The Labute approximate surface area is 90.0 Å². The Morgan fingerprint density at radius 2 is 2.07 bits per heavy atom. The van der Waals surface area contributed by atoms with Crippen molar-refractivity contribution in [2.24, 2.45) is 5.73 Å². The molecule has 0 saturated carbocycles. The molecule has 80 valence electrons. The van der Waals surface area contributed by atoms with Gasteiger partial charge in [-0.2, -0.15) is 0 Å². The van der Waals surface area contributed by atoms with Crippen LogP contribution < -0.4 is 11.1 Å². The summed E-state index contributed by atoms with van der Waals surface area (Å²) < 4.78 is 0. The van der Waals surface area contributed by atoms with Gasteiger partial charge in [0.25, 0.3) is 0 Å². The molecule has 1 aromatic rings. The highest BCUT2D eigenvalue weighted by Crippen LogP contribution is 2.02. The number of allylic oxidation sites excluding steroid dienone is 2. The van der Waals surface area contributed by atoms with Gasteiger partial charge in [0.15, 0.2) is 5.78 Å². The fraction of sp³-hybridized carbons (Fsp3) is 0.250. The SMILES string of the molecule is C/C(=C\C(=O)c1ccccc1)NCCN. The van der Waals surface area contributed by atoms with Crippen molar-refractivity contribution in [3.63, 3.8) is 0 Å². The molecular formula is C12H16N2O. The number of nitrogens with two attached hydrogens (primary N) is 1. The van der Waals surface area contributed by atoms with Crippen molar-refractivity contribution in [1.82, 2.24) is 5.32 Å². The molecule has 0 saturated heterocycles. The number of hydrogen-bond acceptors (Lipinski definition) is 3. The van der Waals surface area contributed by atoms with E-state index < -0.39 is 0 Å². The molecule has 0 radical (unpaired) electrons. The summed E-state index contributed by atoms with van der Waals surface area (Å²) in [5, 5.41) is 3.05. The predicted octanol–water partition coefficient (Wildman–Crippen LogP) is 1.32. The van der Waals surface area contributed by atoms with Gasteiger partial charge in [0.05, 0.1) is 0 Å². The molecule has 0 bridgehead atoms. The van der Waals surface area contributed by atoms with Crippen molar-refractivity contribution in [3.05, 3.63) is 47.7 Å². The Morgan fingerprint density at radius 3 is 2.67 bits per heavy atom. The van der Waals surface area contributed by atoms with Crippen LogP contribution in [0.1, 0.15) is 17.3 Å². The van der Waals surface area contributed by atoms with E-state index in [4.69, 9.17) is 5.73 Å². The van der Waals surface area contributed by atoms with Gasteiger partial charge < -0.3 is 11.1 Å². The van der Waals surface area contributed by atoms with Crippen molar-refractivity contribution in [2.75, 3.05) is 13.1 Å². The van der Waals surface area contributed by atoms with Crippen LogP contribution in [0.3, 0.4) is 0 Å². The van der Waals surface area contributed by atoms with Crippen molar-refractivity contribution >= 4 is 5.78 Å². The predicted molar refractivity (Wildman–Crippen MR) is 61.6 cm³/mol. The molecule has 0 aromatic heterocycles. The fourth-order valence-electron chi connectivity index (χ4n) is 1.20. The summed E-state index contributed by atoms with van der Waals surface area (Å²) in [4.78, 5) is 11.7. The molecule has 1 rings (SSSR count). The lowest BCUT2D eigenvalue weighted by Gasteiger charge is -2.03. The second-order valence-electron chi connectivity index (χ2n) is 3.27. The van der Waals surface area contributed by atoms with Crippen LogP contribution in [0.15, 0.2) is 42.1 Å². The maximum Gasteiger partial charge on any atom is 0.187 e. The van der Waals surface area contributed by atoms with Crippen LogP contribution in [0.5, 0.6) is 0 Å². The Bertz CT molecular complexity index is 344. The molecule has 0 fully saturated rings. The second-order valence-corrected chi connectivity index (χ2v) is 3.27. The third-order valence-electron chi connectivity index (χ3n) is 1.95. The van der Waals surface area contributed by atoms with Crippen LogP contribution >= 0.6 is 0 Å². The normalized spacial score (nSPS) is 11.2. The zero-order valence-corrected chi connectivity index (χ0v) is 8.86. The topological polar surface area (TPSA) is 55.1 Å². The minimum Gasteiger partial charge on any atom is -0.387 e. The Morgan fingerprint density at radius 1 is 1.40 bits per heavy atom. The highest BCUT2D eigenvalue weighted by Gasteiger charge is 2.00. The van der Waals surface area contributed by atoms with Gasteiger partial charge in [-0.1, -0.05) is 30.3 Å². The van der Waals surface area contributed by atoms with Gasteiger partial charge in [0.1, 0.15) is 0 Å². The zero-order valence-electron chi connectivity index (χ0n) is 8.86. The standard InChI is InChI=1S/C12H16N2O/c1-10(14-8-7-13)9-12(15)11-5-3-2-4-6-11/h2-6,9,14H,7-8,13H2,1H3/b10-9+. The average molecular weight is 204 g/mol. The molecule has 15 heavy (non-hydrogen) atoms. The van der Waals surface area contributed by atoms with Gasteiger partial charge >= 0.3 is 0 Å². The van der Waals surface area contributed by atoms with E-state index in [9.17, 15) is 4.79 Å². The minimum absolute atomic E-state index is 0.0117. The Hall–Kier alpha value is -1.61. The maximum atomic E-state index is 11.7. The van der Waals surface area contributed by atoms with E-state index in [1.807, 2.05) is 25.1 Å². The second kappa shape index (κ2) is 5.98. The number of nitrogens with one attached hydrogen (secondary N) is 1. The summed E-state index contributed by atoms with van der Waals surface area (Å²) in [6.45, 7) is 3.10. The van der Waals surface area contributed by atoms with Crippen molar-refractivity contribution in [3.8, 4) is 0 Å². The van der Waals surface area contributed by atoms with E-state index in [2.05, 4.69) is 5.32 Å². The number of ketones is 1. The maximum absolute atomic E-state index is 11.7. The van der Waals surface area contributed by atoms with E-state index in [1.165, 1.54) is 0 Å². The first-order valence-electron chi connectivity index (χ1n) is 4.95. The fourth-order valence-corrected chi connectivity index (χ4v) is 1.20. The van der Waals surface area contributed by atoms with Gasteiger partial charge in [-0.3, -0.25) is 4.79 Å². The van der Waals surface area contributed by atoms with Crippen LogP contribution in [0, 0.1) is 0 Å². The zero-order chi connectivity index (χ0) is 11.1. The van der Waals surface area contributed by atoms with Crippen molar-refractivity contribution in [2.45, 2.75) is 6.92 Å². The summed E-state index contributed by atoms with van der Waals surface area (Å²) in [6.07, 6.45) is 1.59. The van der Waals surface area contributed by atoms with Gasteiger partial charge in [-0.25, -0.2) is 0 Å². The molecule has 1 aromatic carbocycles. The molecule has 0 heterocycles. The van der Waals surface area contributed by atoms with E-state index >= 15 is 0 Å². The van der Waals surface area contributed by atoms with E-state index in [0.717, 1.165) is 5.70 Å². The molecule has 0 amide bonds. The van der Waals surface area contributed by atoms with E-state index in [0.29, 0.717) is 18.7 Å². The molecule has 3 heteroatoms. The van der Waals surface area contributed by atoms with Crippen molar-refractivity contribution < 1.29 is 4.79 Å². The molecule has 0 aliphatic heterocycles. The summed E-state index contributed by atoms with van der Waals surface area (Å²) in [5.74, 6) is 0.0117. The van der Waals surface area contributed by atoms with Crippen LogP contribution in [-0.2, 0) is 0 Å². The van der Waals surface area contributed by atoms with Crippen LogP contribution in [0.25, 0.3) is 0 Å². The van der Waals surface area contributed by atoms with E-state index in [-0.39, 0.29) is 5.78 Å². The molecule has 0 atom stereocenters. The Balaban J connectivity index is 2.62. The Kier molecular flexibility index (Phi) is 4.57. The number of carbonyl (C=O) groups is 1. The van der Waals surface area contributed by atoms with E-state index in [1.54, 1.807) is 18.2 Å². The van der Waals surface area contributed by atoms with Gasteiger partial charge in [0, 0.05) is 30.4 Å². The molecule has 0 unspecified atom stereocenters. The number of hydrogen-bond donors (Lipinski definition) is 2. The van der Waals surface area contributed by atoms with Crippen LogP contribution in [0.4, 0.5) is 0 Å². The number of rotatable bonds is 5. The summed E-state index contributed by atoms with van der Waals surface area (Å²) in [7, 11) is 0.